The van der Waals surface area contributed by atoms with E-state index in [2.05, 4.69) is 18.7 Å². The van der Waals surface area contributed by atoms with Crippen LogP contribution in [0.2, 0.25) is 0 Å². The largest absolute Gasteiger partial charge is 0.463 e. The molecule has 0 spiro atoms. The van der Waals surface area contributed by atoms with Gasteiger partial charge in [-0.3, -0.25) is 0 Å². The molecule has 0 radical (unpaired) electrons. The Kier molecular flexibility index (Phi) is 6.08. The fraction of sp³-hybridized carbons (Fsp3) is 0.400. The van der Waals surface area contributed by atoms with E-state index in [1.165, 1.54) is 5.56 Å². The fourth-order valence-electron chi connectivity index (χ4n) is 1.65. The van der Waals surface area contributed by atoms with E-state index in [0.29, 0.717) is 12.2 Å². The Hall–Kier alpha value is -1.57. The van der Waals surface area contributed by atoms with E-state index >= 15 is 0 Å². The Morgan fingerprint density at radius 1 is 1.24 bits per heavy atom. The van der Waals surface area contributed by atoms with E-state index in [0.717, 1.165) is 25.7 Å². The molecule has 92 valence electrons. The molecule has 2 nitrogen and oxygen atoms in total. The first-order valence-electron chi connectivity index (χ1n) is 6.13. The van der Waals surface area contributed by atoms with E-state index < -0.39 is 0 Å². The van der Waals surface area contributed by atoms with Gasteiger partial charge < -0.3 is 4.74 Å². The topological polar surface area (TPSA) is 26.3 Å². The van der Waals surface area contributed by atoms with E-state index in [-0.39, 0.29) is 5.97 Å². The van der Waals surface area contributed by atoms with Crippen molar-refractivity contribution >= 4 is 5.97 Å². The quantitative estimate of drug-likeness (QED) is 0.408. The lowest BCUT2D eigenvalue weighted by molar-refractivity contribution is -0.138. The Labute approximate surface area is 103 Å². The third kappa shape index (κ3) is 5.34. The smallest absolute Gasteiger partial charge is 0.333 e. The lowest BCUT2D eigenvalue weighted by Gasteiger charge is -2.05. The van der Waals surface area contributed by atoms with Gasteiger partial charge >= 0.3 is 5.97 Å². The first kappa shape index (κ1) is 13.5. The molecule has 0 amide bonds. The molecule has 0 N–H and O–H groups in total. The molecule has 0 bridgehead atoms. The van der Waals surface area contributed by atoms with E-state index in [4.69, 9.17) is 4.74 Å². The molecule has 1 aromatic rings. The highest BCUT2D eigenvalue weighted by Gasteiger charge is 2.06. The third-order valence-corrected chi connectivity index (χ3v) is 2.60. The molecule has 0 aliphatic rings. The molecule has 0 unspecified atom stereocenters. The number of hydrogen-bond donors (Lipinski definition) is 0. The van der Waals surface area contributed by atoms with Gasteiger partial charge in [-0.25, -0.2) is 4.79 Å². The monoisotopic (exact) mass is 232 g/mol. The number of unbranched alkanes of at least 4 members (excludes halogenated alkanes) is 1. The number of ether oxygens (including phenoxy) is 1. The highest BCUT2D eigenvalue weighted by atomic mass is 16.5. The van der Waals surface area contributed by atoms with Gasteiger partial charge in [0.05, 0.1) is 6.61 Å². The summed E-state index contributed by atoms with van der Waals surface area (Å²) in [4.78, 5) is 11.3. The summed E-state index contributed by atoms with van der Waals surface area (Å²) in [5.41, 5.74) is 1.93. The van der Waals surface area contributed by atoms with Crippen LogP contribution in [0.25, 0.3) is 0 Å². The van der Waals surface area contributed by atoms with E-state index in [1.54, 1.807) is 6.92 Å². The van der Waals surface area contributed by atoms with Crippen molar-refractivity contribution in [3.05, 3.63) is 48.0 Å². The zero-order valence-corrected chi connectivity index (χ0v) is 10.4. The van der Waals surface area contributed by atoms with Crippen LogP contribution in [0.4, 0.5) is 0 Å². The summed E-state index contributed by atoms with van der Waals surface area (Å²) in [5.74, 6) is -0.257. The molecule has 0 aliphatic heterocycles. The molecule has 0 fully saturated rings. The summed E-state index contributed by atoms with van der Waals surface area (Å²) < 4.78 is 4.88. The van der Waals surface area contributed by atoms with Crippen LogP contribution < -0.4 is 0 Å². The maximum absolute atomic E-state index is 11.3. The van der Waals surface area contributed by atoms with E-state index in [1.807, 2.05) is 18.2 Å². The summed E-state index contributed by atoms with van der Waals surface area (Å²) in [6, 6.07) is 10.4. The standard InChI is InChI=1S/C15H20O2/c1-3-17-15(16)13(2)9-7-8-12-14-10-5-4-6-11-14/h4-6,10-11H,2-3,7-9,12H2,1H3. The molecule has 1 aromatic carbocycles. The number of carbonyl (C=O) groups is 1. The molecule has 0 heterocycles. The Morgan fingerprint density at radius 3 is 2.59 bits per heavy atom. The molecule has 17 heavy (non-hydrogen) atoms. The average Bonchev–Trinajstić information content (AvgIpc) is 2.36. The minimum atomic E-state index is -0.257. The average molecular weight is 232 g/mol. The number of aryl methyl sites for hydroxylation is 1. The van der Waals surface area contributed by atoms with Gasteiger partial charge in [0, 0.05) is 5.57 Å². The minimum Gasteiger partial charge on any atom is -0.463 e. The fourth-order valence-corrected chi connectivity index (χ4v) is 1.65. The molecule has 2 heteroatoms. The summed E-state index contributed by atoms with van der Waals surface area (Å²) in [5, 5.41) is 0. The van der Waals surface area contributed by atoms with Crippen molar-refractivity contribution in [1.29, 1.82) is 0 Å². The Balaban J connectivity index is 2.16. The summed E-state index contributed by atoms with van der Waals surface area (Å²) in [7, 11) is 0. The van der Waals surface area contributed by atoms with Crippen LogP contribution in [-0.2, 0) is 16.0 Å². The number of benzene rings is 1. The first-order chi connectivity index (χ1) is 8.24. The van der Waals surface area contributed by atoms with Gasteiger partial charge in [-0.2, -0.15) is 0 Å². The maximum atomic E-state index is 11.3. The second-order valence-corrected chi connectivity index (χ2v) is 4.02. The molecule has 0 aromatic heterocycles. The van der Waals surface area contributed by atoms with Gasteiger partial charge in [-0.1, -0.05) is 36.9 Å². The van der Waals surface area contributed by atoms with Crippen LogP contribution >= 0.6 is 0 Å². The zero-order valence-electron chi connectivity index (χ0n) is 10.4. The van der Waals surface area contributed by atoms with Gasteiger partial charge in [0.1, 0.15) is 0 Å². The van der Waals surface area contributed by atoms with Gasteiger partial charge in [-0.15, -0.1) is 0 Å². The van der Waals surface area contributed by atoms with Crippen molar-refractivity contribution in [2.24, 2.45) is 0 Å². The lowest BCUT2D eigenvalue weighted by atomic mass is 10.0. The second-order valence-electron chi connectivity index (χ2n) is 4.02. The third-order valence-electron chi connectivity index (χ3n) is 2.60. The van der Waals surface area contributed by atoms with Gasteiger partial charge in [0.2, 0.25) is 0 Å². The number of esters is 1. The van der Waals surface area contributed by atoms with Crippen molar-refractivity contribution < 1.29 is 9.53 Å². The highest BCUT2D eigenvalue weighted by molar-refractivity contribution is 5.87. The highest BCUT2D eigenvalue weighted by Crippen LogP contribution is 2.10. The van der Waals surface area contributed by atoms with Crippen LogP contribution in [0.15, 0.2) is 42.5 Å². The van der Waals surface area contributed by atoms with Gasteiger partial charge in [0.25, 0.3) is 0 Å². The second kappa shape index (κ2) is 7.66. The van der Waals surface area contributed by atoms with Crippen molar-refractivity contribution in [1.82, 2.24) is 0 Å². The van der Waals surface area contributed by atoms with Gasteiger partial charge in [0.15, 0.2) is 0 Å². The maximum Gasteiger partial charge on any atom is 0.333 e. The van der Waals surface area contributed by atoms with Crippen LogP contribution in [0, 0.1) is 0 Å². The van der Waals surface area contributed by atoms with Crippen LogP contribution in [0.5, 0.6) is 0 Å². The Bertz CT molecular complexity index is 354. The predicted molar refractivity (Wildman–Crippen MR) is 69.8 cm³/mol. The lowest BCUT2D eigenvalue weighted by Crippen LogP contribution is -2.06. The van der Waals surface area contributed by atoms with Crippen LogP contribution in [0.1, 0.15) is 31.7 Å². The summed E-state index contributed by atoms with van der Waals surface area (Å²) in [6.07, 6.45) is 3.83. The summed E-state index contributed by atoms with van der Waals surface area (Å²) in [6.45, 7) is 5.97. The van der Waals surface area contributed by atoms with Crippen LogP contribution in [-0.4, -0.2) is 12.6 Å². The molecular weight excluding hydrogens is 212 g/mol. The normalized spacial score (nSPS) is 9.94. The van der Waals surface area contributed by atoms with E-state index in [9.17, 15) is 4.79 Å². The summed E-state index contributed by atoms with van der Waals surface area (Å²) >= 11 is 0. The minimum absolute atomic E-state index is 0.257. The Morgan fingerprint density at radius 2 is 1.94 bits per heavy atom. The molecule has 0 atom stereocenters. The van der Waals surface area contributed by atoms with Crippen molar-refractivity contribution in [2.45, 2.75) is 32.6 Å². The number of carbonyl (C=O) groups excluding carboxylic acids is 1. The van der Waals surface area contributed by atoms with Crippen molar-refractivity contribution in [3.8, 4) is 0 Å². The van der Waals surface area contributed by atoms with Crippen molar-refractivity contribution in [3.63, 3.8) is 0 Å². The number of rotatable bonds is 7. The predicted octanol–water partition coefficient (Wildman–Crippen LogP) is 3.52. The van der Waals surface area contributed by atoms with Crippen molar-refractivity contribution in [2.75, 3.05) is 6.61 Å². The number of hydrogen-bond acceptors (Lipinski definition) is 2. The SMILES string of the molecule is C=C(CCCCc1ccccc1)C(=O)OCC. The molecule has 1 rings (SSSR count). The zero-order chi connectivity index (χ0) is 12.5. The molecule has 0 saturated carbocycles. The molecule has 0 aliphatic carbocycles. The van der Waals surface area contributed by atoms with Crippen LogP contribution in [0.3, 0.4) is 0 Å². The molecular formula is C15H20O2. The molecule has 0 saturated heterocycles. The first-order valence-corrected chi connectivity index (χ1v) is 6.13. The van der Waals surface area contributed by atoms with Gasteiger partial charge in [-0.05, 0) is 38.2 Å².